The van der Waals surface area contributed by atoms with Crippen LogP contribution in [0.4, 0.5) is 10.5 Å². The molecule has 1 fully saturated rings. The zero-order valence-electron chi connectivity index (χ0n) is 11.0. The highest BCUT2D eigenvalue weighted by Gasteiger charge is 2.40. The van der Waals surface area contributed by atoms with Crippen LogP contribution < -0.4 is 5.32 Å². The Morgan fingerprint density at radius 3 is 2.68 bits per heavy atom. The lowest BCUT2D eigenvalue weighted by atomic mass is 9.81. The average Bonchev–Trinajstić information content (AvgIpc) is 2.84. The van der Waals surface area contributed by atoms with Gasteiger partial charge in [-0.25, -0.2) is 4.79 Å². The number of pyridine rings is 1. The first-order valence-electron chi connectivity index (χ1n) is 6.97. The molecular weight excluding hydrogens is 238 g/mol. The van der Waals surface area contributed by atoms with Gasteiger partial charge < -0.3 is 10.2 Å². The van der Waals surface area contributed by atoms with Crippen LogP contribution in [-0.4, -0.2) is 28.0 Å². The number of nitrogens with zero attached hydrogens (tertiary/aromatic N) is 2. The molecule has 19 heavy (non-hydrogen) atoms. The van der Waals surface area contributed by atoms with E-state index >= 15 is 0 Å². The van der Waals surface area contributed by atoms with Gasteiger partial charge in [0.25, 0.3) is 0 Å². The number of aromatic nitrogens is 1. The molecule has 1 aliphatic heterocycles. The van der Waals surface area contributed by atoms with Gasteiger partial charge in [0.15, 0.2) is 0 Å². The van der Waals surface area contributed by atoms with E-state index in [2.05, 4.69) is 22.5 Å². The molecule has 4 heteroatoms. The normalized spacial score (nSPS) is 20.7. The molecule has 0 atom stereocenters. The van der Waals surface area contributed by atoms with Crippen LogP contribution in [0.15, 0.2) is 36.7 Å². The van der Waals surface area contributed by atoms with Crippen molar-refractivity contribution in [2.75, 3.05) is 11.9 Å². The maximum absolute atomic E-state index is 12.4. The number of hydrogen-bond donors (Lipinski definition) is 1. The van der Waals surface area contributed by atoms with Crippen LogP contribution in [0.3, 0.4) is 0 Å². The molecule has 0 radical (unpaired) electrons. The Balaban J connectivity index is 1.73. The van der Waals surface area contributed by atoms with Crippen molar-refractivity contribution in [1.29, 1.82) is 0 Å². The number of hydrogen-bond acceptors (Lipinski definition) is 2. The summed E-state index contributed by atoms with van der Waals surface area (Å²) in [4.78, 5) is 18.4. The molecule has 0 saturated heterocycles. The molecule has 1 aromatic rings. The molecule has 4 nitrogen and oxygen atoms in total. The number of carbonyl (C=O) groups excluding carboxylic acids is 1. The zero-order valence-corrected chi connectivity index (χ0v) is 11.0. The quantitative estimate of drug-likeness (QED) is 0.785. The van der Waals surface area contributed by atoms with Crippen LogP contribution in [-0.2, 0) is 0 Å². The van der Waals surface area contributed by atoms with Crippen LogP contribution >= 0.6 is 0 Å². The van der Waals surface area contributed by atoms with Gasteiger partial charge in [0.05, 0.1) is 5.54 Å². The lowest BCUT2D eigenvalue weighted by Gasteiger charge is -2.40. The lowest BCUT2D eigenvalue weighted by molar-refractivity contribution is 0.143. The van der Waals surface area contributed by atoms with E-state index in [0.29, 0.717) is 0 Å². The third-order valence-electron chi connectivity index (χ3n) is 4.15. The maximum atomic E-state index is 12.4. The van der Waals surface area contributed by atoms with Gasteiger partial charge in [0, 0.05) is 24.6 Å². The Morgan fingerprint density at radius 1 is 1.21 bits per heavy atom. The summed E-state index contributed by atoms with van der Waals surface area (Å²) >= 11 is 0. The highest BCUT2D eigenvalue weighted by Crippen LogP contribution is 2.38. The topological polar surface area (TPSA) is 45.2 Å². The minimum atomic E-state index is -0.0324. The lowest BCUT2D eigenvalue weighted by Crippen LogP contribution is -2.50. The zero-order chi connectivity index (χ0) is 13.1. The fraction of sp³-hybridized carbons (Fsp3) is 0.467. The number of carbonyl (C=O) groups is 1. The third-order valence-corrected chi connectivity index (χ3v) is 4.15. The van der Waals surface area contributed by atoms with Crippen LogP contribution in [0.5, 0.6) is 0 Å². The molecule has 2 aliphatic rings. The highest BCUT2D eigenvalue weighted by molar-refractivity contribution is 5.90. The second-order valence-corrected chi connectivity index (χ2v) is 5.34. The number of rotatable bonds is 1. The Kier molecular flexibility index (Phi) is 3.23. The van der Waals surface area contributed by atoms with Crippen molar-refractivity contribution in [3.63, 3.8) is 0 Å². The average molecular weight is 257 g/mol. The van der Waals surface area contributed by atoms with E-state index in [1.807, 2.05) is 17.0 Å². The molecular formula is C15H19N3O. The molecule has 0 aromatic carbocycles. The van der Waals surface area contributed by atoms with Gasteiger partial charge in [-0.2, -0.15) is 0 Å². The summed E-state index contributed by atoms with van der Waals surface area (Å²) in [5, 5.41) is 2.96. The molecule has 1 spiro atoms. The second kappa shape index (κ2) is 5.03. The van der Waals surface area contributed by atoms with E-state index in [4.69, 9.17) is 0 Å². The molecule has 2 amide bonds. The Bertz CT molecular complexity index is 477. The van der Waals surface area contributed by atoms with Crippen LogP contribution in [0, 0.1) is 0 Å². The largest absolute Gasteiger partial charge is 0.322 e. The van der Waals surface area contributed by atoms with E-state index in [9.17, 15) is 4.79 Å². The highest BCUT2D eigenvalue weighted by atomic mass is 16.2. The van der Waals surface area contributed by atoms with Crippen molar-refractivity contribution in [3.05, 3.63) is 36.7 Å². The number of anilines is 1. The first kappa shape index (κ1) is 12.2. The molecule has 0 bridgehead atoms. The molecule has 3 rings (SSSR count). The SMILES string of the molecule is O=C(Nc1ccncc1)N1CC=CC12CCCCC2. The molecule has 1 saturated carbocycles. The van der Waals surface area contributed by atoms with Crippen LogP contribution in [0.1, 0.15) is 32.1 Å². The fourth-order valence-electron chi connectivity index (χ4n) is 3.16. The number of urea groups is 1. The van der Waals surface area contributed by atoms with E-state index in [1.165, 1.54) is 19.3 Å². The van der Waals surface area contributed by atoms with E-state index in [1.54, 1.807) is 12.4 Å². The van der Waals surface area contributed by atoms with E-state index < -0.39 is 0 Å². The summed E-state index contributed by atoms with van der Waals surface area (Å²) in [6.07, 6.45) is 13.6. The summed E-state index contributed by atoms with van der Waals surface area (Å²) in [6.45, 7) is 0.719. The minimum absolute atomic E-state index is 0.00176. The standard InChI is InChI=1S/C15H19N3O/c19-14(17-13-5-10-16-11-6-13)18-12-4-9-15(18)7-2-1-3-8-15/h4-6,9-11H,1-3,7-8,12H2,(H,16,17,19). The maximum Gasteiger partial charge on any atom is 0.322 e. The van der Waals surface area contributed by atoms with Gasteiger partial charge in [-0.15, -0.1) is 0 Å². The summed E-state index contributed by atoms with van der Waals surface area (Å²) in [5.74, 6) is 0. The summed E-state index contributed by atoms with van der Waals surface area (Å²) in [5.41, 5.74) is 0.771. The van der Waals surface area contributed by atoms with Gasteiger partial charge in [-0.1, -0.05) is 31.4 Å². The van der Waals surface area contributed by atoms with Crippen LogP contribution in [0.25, 0.3) is 0 Å². The van der Waals surface area contributed by atoms with Crippen molar-refractivity contribution in [1.82, 2.24) is 9.88 Å². The minimum Gasteiger partial charge on any atom is -0.312 e. The van der Waals surface area contributed by atoms with Gasteiger partial charge >= 0.3 is 6.03 Å². The van der Waals surface area contributed by atoms with Crippen molar-refractivity contribution >= 4 is 11.7 Å². The molecule has 1 aromatic heterocycles. The summed E-state index contributed by atoms with van der Waals surface area (Å²) in [6, 6.07) is 3.63. The number of nitrogens with one attached hydrogen (secondary N) is 1. The van der Waals surface area contributed by atoms with E-state index in [-0.39, 0.29) is 11.6 Å². The second-order valence-electron chi connectivity index (χ2n) is 5.34. The number of amides is 2. The summed E-state index contributed by atoms with van der Waals surface area (Å²) < 4.78 is 0. The Labute approximate surface area is 113 Å². The molecule has 100 valence electrons. The Morgan fingerprint density at radius 2 is 1.95 bits per heavy atom. The van der Waals surface area contributed by atoms with Crippen molar-refractivity contribution in [2.45, 2.75) is 37.6 Å². The first-order valence-corrected chi connectivity index (χ1v) is 6.97. The molecule has 1 N–H and O–H groups in total. The van der Waals surface area contributed by atoms with Gasteiger partial charge in [-0.3, -0.25) is 4.98 Å². The third kappa shape index (κ3) is 2.35. The molecule has 2 heterocycles. The Hall–Kier alpha value is -1.84. The van der Waals surface area contributed by atoms with Crippen molar-refractivity contribution in [3.8, 4) is 0 Å². The van der Waals surface area contributed by atoms with Gasteiger partial charge in [-0.05, 0) is 25.0 Å². The predicted octanol–water partition coefficient (Wildman–Crippen LogP) is 3.19. The monoisotopic (exact) mass is 257 g/mol. The first-order chi connectivity index (χ1) is 9.30. The van der Waals surface area contributed by atoms with E-state index in [0.717, 1.165) is 25.1 Å². The van der Waals surface area contributed by atoms with Crippen molar-refractivity contribution < 1.29 is 4.79 Å². The fourth-order valence-corrected chi connectivity index (χ4v) is 3.16. The van der Waals surface area contributed by atoms with Gasteiger partial charge in [0.1, 0.15) is 0 Å². The molecule has 0 unspecified atom stereocenters. The van der Waals surface area contributed by atoms with Crippen LogP contribution in [0.2, 0.25) is 0 Å². The van der Waals surface area contributed by atoms with Gasteiger partial charge in [0.2, 0.25) is 0 Å². The molecule has 1 aliphatic carbocycles. The smallest absolute Gasteiger partial charge is 0.312 e. The van der Waals surface area contributed by atoms with Crippen molar-refractivity contribution in [2.24, 2.45) is 0 Å². The predicted molar refractivity (Wildman–Crippen MR) is 74.9 cm³/mol. The summed E-state index contributed by atoms with van der Waals surface area (Å²) in [7, 11) is 0.